The standard InChI is InChI=1S/C29H27BrFN5O2S/c1-34(2)29(37)39-26-12-3-19(17-25(26)32)13-14-35-15-16-38-28(35)24-18-36(23-10-6-21(30)7-11-23)33-27(24)20-4-8-22(31)9-5-20/h3-12,15-18,28H,13-14,32H2,1-2H3/p+1. The van der Waals surface area contributed by atoms with Crippen LogP contribution < -0.4 is 5.73 Å². The molecule has 2 heterocycles. The zero-order valence-electron chi connectivity index (χ0n) is 21.6. The molecule has 3 aromatic carbocycles. The fourth-order valence-corrected chi connectivity index (χ4v) is 5.21. The summed E-state index contributed by atoms with van der Waals surface area (Å²) in [6.45, 7) is 0.691. The summed E-state index contributed by atoms with van der Waals surface area (Å²) in [5.41, 5.74) is 9.39. The lowest BCUT2D eigenvalue weighted by Crippen LogP contribution is -2.41. The van der Waals surface area contributed by atoms with Crippen LogP contribution in [0, 0.1) is 5.82 Å². The lowest BCUT2D eigenvalue weighted by molar-refractivity contribution is -0.258. The van der Waals surface area contributed by atoms with Crippen molar-refractivity contribution >= 4 is 38.6 Å². The van der Waals surface area contributed by atoms with Crippen LogP contribution in [0.2, 0.25) is 0 Å². The number of ether oxygens (including phenoxy) is 1. The molecular formula is C29H28BrFN5O2S+. The van der Waals surface area contributed by atoms with Gasteiger partial charge in [0, 0.05) is 49.1 Å². The molecular weight excluding hydrogens is 581 g/mol. The van der Waals surface area contributed by atoms with Gasteiger partial charge in [-0.15, -0.1) is 0 Å². The minimum absolute atomic E-state index is 0.0320. The van der Waals surface area contributed by atoms with Crippen LogP contribution in [0.3, 0.4) is 0 Å². The molecule has 1 amide bonds. The van der Waals surface area contributed by atoms with E-state index in [0.29, 0.717) is 6.54 Å². The number of benzene rings is 3. The quantitative estimate of drug-likeness (QED) is 0.255. The molecule has 1 aromatic heterocycles. The largest absolute Gasteiger partial charge is 0.472 e. The Labute approximate surface area is 239 Å². The van der Waals surface area contributed by atoms with Gasteiger partial charge in [0.15, 0.2) is 0 Å². The molecule has 1 unspecified atom stereocenters. The van der Waals surface area contributed by atoms with E-state index in [1.54, 1.807) is 37.4 Å². The van der Waals surface area contributed by atoms with Gasteiger partial charge in [0.1, 0.15) is 23.5 Å². The molecule has 3 N–H and O–H groups in total. The summed E-state index contributed by atoms with van der Waals surface area (Å²) >= 11 is 4.66. The van der Waals surface area contributed by atoms with Crippen molar-refractivity contribution in [3.05, 3.63) is 107 Å². The minimum Gasteiger partial charge on any atom is -0.472 e. The van der Waals surface area contributed by atoms with Crippen LogP contribution in [0.4, 0.5) is 14.9 Å². The molecule has 1 aliphatic heterocycles. The number of hydrogen-bond acceptors (Lipinski definition) is 5. The normalized spacial score (nSPS) is 14.5. The van der Waals surface area contributed by atoms with Crippen LogP contribution in [-0.4, -0.2) is 45.5 Å². The Morgan fingerprint density at radius 1 is 1.13 bits per heavy atom. The Kier molecular flexibility index (Phi) is 8.06. The molecule has 0 aliphatic carbocycles. The number of quaternary nitrogens is 1. The Hall–Kier alpha value is -3.60. The highest BCUT2D eigenvalue weighted by Crippen LogP contribution is 2.36. The average molecular weight is 610 g/mol. The van der Waals surface area contributed by atoms with Crippen molar-refractivity contribution in [3.63, 3.8) is 0 Å². The van der Waals surface area contributed by atoms with Gasteiger partial charge >= 0.3 is 0 Å². The van der Waals surface area contributed by atoms with Crippen molar-refractivity contribution in [2.45, 2.75) is 17.5 Å². The number of amides is 1. The van der Waals surface area contributed by atoms with E-state index < -0.39 is 0 Å². The third-order valence-corrected chi connectivity index (χ3v) is 8.01. The third kappa shape index (κ3) is 6.19. The van der Waals surface area contributed by atoms with Crippen molar-refractivity contribution in [2.24, 2.45) is 0 Å². The first kappa shape index (κ1) is 27.0. The second kappa shape index (κ2) is 11.6. The first-order chi connectivity index (χ1) is 18.8. The zero-order chi connectivity index (χ0) is 27.5. The van der Waals surface area contributed by atoms with Crippen LogP contribution in [0.5, 0.6) is 0 Å². The Morgan fingerprint density at radius 3 is 2.56 bits per heavy atom. The van der Waals surface area contributed by atoms with Crippen LogP contribution >= 0.6 is 27.7 Å². The molecule has 10 heteroatoms. The molecule has 1 aliphatic rings. The molecule has 39 heavy (non-hydrogen) atoms. The summed E-state index contributed by atoms with van der Waals surface area (Å²) in [6, 6.07) is 20.2. The Balaban J connectivity index is 1.38. The van der Waals surface area contributed by atoms with Crippen molar-refractivity contribution in [2.75, 3.05) is 20.6 Å². The van der Waals surface area contributed by atoms with Crippen molar-refractivity contribution in [1.82, 2.24) is 19.6 Å². The van der Waals surface area contributed by atoms with E-state index in [4.69, 9.17) is 9.84 Å². The molecule has 0 saturated carbocycles. The van der Waals surface area contributed by atoms with Crippen molar-refractivity contribution < 1.29 is 19.7 Å². The van der Waals surface area contributed by atoms with Crippen LogP contribution in [0.25, 0.3) is 16.9 Å². The molecule has 0 radical (unpaired) electrons. The molecule has 0 spiro atoms. The number of hydrogen-bond donors (Lipinski definition) is 1. The molecule has 7 nitrogen and oxygen atoms in total. The predicted octanol–water partition coefficient (Wildman–Crippen LogP) is 6.13. The Morgan fingerprint density at radius 2 is 1.87 bits per heavy atom. The maximum absolute atomic E-state index is 13.7. The van der Waals surface area contributed by atoms with Gasteiger partial charge in [0.25, 0.3) is 5.24 Å². The van der Waals surface area contributed by atoms with Crippen LogP contribution in [0.15, 0.2) is 94.8 Å². The number of carbonyl (C=O) groups is 1. The molecule has 0 fully saturated rings. The van der Waals surface area contributed by atoms with E-state index in [1.807, 2.05) is 59.5 Å². The first-order valence-corrected chi connectivity index (χ1v) is 13.9. The van der Waals surface area contributed by atoms with Crippen molar-refractivity contribution in [3.8, 4) is 16.9 Å². The van der Waals surface area contributed by atoms with E-state index in [0.717, 1.165) is 49.5 Å². The smallest absolute Gasteiger partial charge is 0.286 e. The van der Waals surface area contributed by atoms with E-state index in [2.05, 4.69) is 26.6 Å². The molecule has 4 aromatic rings. The van der Waals surface area contributed by atoms with Gasteiger partial charge in [0.05, 0.1) is 16.1 Å². The Bertz CT molecular complexity index is 1510. The summed E-state index contributed by atoms with van der Waals surface area (Å²) < 4.78 is 22.5. The topological polar surface area (TPSA) is 78.2 Å². The first-order valence-electron chi connectivity index (χ1n) is 12.3. The van der Waals surface area contributed by atoms with Gasteiger partial charge in [-0.25, -0.2) is 9.07 Å². The number of rotatable bonds is 7. The SMILES string of the molecule is CN(C)C(=O)Sc1ccc(CCN2C=COC2c2cn(-c3ccc(Br)cc3)nc2-c2ccc(F)cc2)cc1[NH3+]. The number of nitrogens with zero attached hydrogens (tertiary/aromatic N) is 4. The van der Waals surface area contributed by atoms with Crippen LogP contribution in [-0.2, 0) is 11.2 Å². The summed E-state index contributed by atoms with van der Waals surface area (Å²) in [5, 5.41) is 4.84. The summed E-state index contributed by atoms with van der Waals surface area (Å²) in [5.74, 6) is -0.298. The minimum atomic E-state index is -0.388. The van der Waals surface area contributed by atoms with Crippen molar-refractivity contribution in [1.29, 1.82) is 0 Å². The number of halogens is 2. The second-order valence-corrected chi connectivity index (χ2v) is 11.2. The predicted molar refractivity (Wildman–Crippen MR) is 154 cm³/mol. The third-order valence-electron chi connectivity index (χ3n) is 6.32. The van der Waals surface area contributed by atoms with E-state index in [1.165, 1.54) is 23.9 Å². The van der Waals surface area contributed by atoms with Gasteiger partial charge in [-0.1, -0.05) is 22.0 Å². The second-order valence-electron chi connectivity index (χ2n) is 9.33. The fraction of sp³-hybridized carbons (Fsp3) is 0.172. The van der Waals surface area contributed by atoms with Gasteiger partial charge in [0.2, 0.25) is 6.23 Å². The zero-order valence-corrected chi connectivity index (χ0v) is 24.0. The lowest BCUT2D eigenvalue weighted by Gasteiger charge is -2.24. The molecule has 0 bridgehead atoms. The van der Waals surface area contributed by atoms with Gasteiger partial charge in [-0.3, -0.25) is 4.79 Å². The molecule has 0 saturated heterocycles. The van der Waals surface area contributed by atoms with E-state index >= 15 is 0 Å². The highest BCUT2D eigenvalue weighted by Gasteiger charge is 2.28. The van der Waals surface area contributed by atoms with Gasteiger partial charge in [-0.05, 0) is 78.3 Å². The van der Waals surface area contributed by atoms with Crippen LogP contribution in [0.1, 0.15) is 17.4 Å². The van der Waals surface area contributed by atoms with Gasteiger partial charge < -0.3 is 20.3 Å². The highest BCUT2D eigenvalue weighted by molar-refractivity contribution is 9.10. The summed E-state index contributed by atoms with van der Waals surface area (Å²) in [7, 11) is 3.47. The molecule has 1 atom stereocenters. The molecule has 5 rings (SSSR count). The fourth-order valence-electron chi connectivity index (χ4n) is 4.25. The summed E-state index contributed by atoms with van der Waals surface area (Å²) in [6.07, 6.45) is 5.96. The van der Waals surface area contributed by atoms with Gasteiger partial charge in [-0.2, -0.15) is 5.10 Å². The maximum atomic E-state index is 13.7. The molecule has 200 valence electrons. The summed E-state index contributed by atoms with van der Waals surface area (Å²) in [4.78, 5) is 16.6. The lowest BCUT2D eigenvalue weighted by atomic mass is 10.1. The maximum Gasteiger partial charge on any atom is 0.286 e. The monoisotopic (exact) mass is 608 g/mol. The van der Waals surface area contributed by atoms with E-state index in [-0.39, 0.29) is 17.3 Å². The average Bonchev–Trinajstić information content (AvgIpc) is 3.57. The van der Waals surface area contributed by atoms with E-state index in [9.17, 15) is 9.18 Å². The highest BCUT2D eigenvalue weighted by atomic mass is 79.9. The number of thioether (sulfide) groups is 1. The number of aromatic nitrogens is 2. The number of carbonyl (C=O) groups excluding carboxylic acids is 1.